The number of para-hydroxylation sites is 1. The fourth-order valence-corrected chi connectivity index (χ4v) is 3.91. The lowest BCUT2D eigenvalue weighted by Crippen LogP contribution is -2.40. The van der Waals surface area contributed by atoms with Gasteiger partial charge in [-0.2, -0.15) is 4.98 Å². The molecule has 2 aromatic heterocycles. The van der Waals surface area contributed by atoms with Crippen molar-refractivity contribution in [3.05, 3.63) is 47.0 Å². The first kappa shape index (κ1) is 18.7. The van der Waals surface area contributed by atoms with Crippen LogP contribution in [0.3, 0.4) is 0 Å². The van der Waals surface area contributed by atoms with Gasteiger partial charge in [-0.1, -0.05) is 31.1 Å². The van der Waals surface area contributed by atoms with Gasteiger partial charge in [0, 0.05) is 30.1 Å². The summed E-state index contributed by atoms with van der Waals surface area (Å²) in [7, 11) is 0. The molecule has 6 nitrogen and oxygen atoms in total. The summed E-state index contributed by atoms with van der Waals surface area (Å²) in [4.78, 5) is 22.4. The molecule has 1 aromatic carbocycles. The maximum Gasteiger partial charge on any atom is 0.231 e. The Morgan fingerprint density at radius 3 is 3.00 bits per heavy atom. The molecule has 1 aliphatic heterocycles. The summed E-state index contributed by atoms with van der Waals surface area (Å²) in [5.41, 5.74) is 2.16. The number of aromatic nitrogens is 3. The molecule has 0 spiro atoms. The number of amides is 1. The summed E-state index contributed by atoms with van der Waals surface area (Å²) >= 11 is 0. The number of rotatable bonds is 4. The summed E-state index contributed by atoms with van der Waals surface area (Å²) < 4.78 is 19.5. The number of carbonyl (C=O) groups is 1. The fraction of sp³-hybridized carbons (Fsp3) is 0.476. The van der Waals surface area contributed by atoms with Gasteiger partial charge in [0.25, 0.3) is 0 Å². The maximum atomic E-state index is 14.0. The third-order valence-corrected chi connectivity index (χ3v) is 5.53. The SMILES string of the molecule is Cc1[nH]c2c(F)cccc2c1CC(=O)N1CCC[C@@H](c2nc(C(C)C)no2)C1. The number of aryl methyl sites for hydroxylation is 1. The molecule has 3 heterocycles. The molecule has 0 radical (unpaired) electrons. The van der Waals surface area contributed by atoms with Gasteiger partial charge in [0.15, 0.2) is 5.82 Å². The van der Waals surface area contributed by atoms with Crippen LogP contribution in [0.4, 0.5) is 4.39 Å². The van der Waals surface area contributed by atoms with E-state index in [0.29, 0.717) is 23.8 Å². The quantitative estimate of drug-likeness (QED) is 0.736. The number of nitrogens with one attached hydrogen (secondary N) is 1. The van der Waals surface area contributed by atoms with Crippen LogP contribution in [-0.4, -0.2) is 39.0 Å². The highest BCUT2D eigenvalue weighted by Gasteiger charge is 2.29. The van der Waals surface area contributed by atoms with E-state index < -0.39 is 0 Å². The predicted molar refractivity (Wildman–Crippen MR) is 104 cm³/mol. The van der Waals surface area contributed by atoms with Gasteiger partial charge in [-0.15, -0.1) is 0 Å². The Kier molecular flexibility index (Phi) is 4.91. The molecule has 1 saturated heterocycles. The van der Waals surface area contributed by atoms with Gasteiger partial charge in [0.2, 0.25) is 11.8 Å². The normalized spacial score (nSPS) is 17.6. The molecule has 0 bridgehead atoms. The maximum absolute atomic E-state index is 14.0. The van der Waals surface area contributed by atoms with Crippen molar-refractivity contribution in [2.75, 3.05) is 13.1 Å². The first-order chi connectivity index (χ1) is 13.4. The zero-order valence-corrected chi connectivity index (χ0v) is 16.5. The monoisotopic (exact) mass is 384 g/mol. The summed E-state index contributed by atoms with van der Waals surface area (Å²) in [5, 5.41) is 4.82. The van der Waals surface area contributed by atoms with Crippen LogP contribution in [0.15, 0.2) is 22.7 Å². The number of aromatic amines is 1. The third-order valence-electron chi connectivity index (χ3n) is 5.53. The molecule has 1 atom stereocenters. The number of hydrogen-bond donors (Lipinski definition) is 1. The van der Waals surface area contributed by atoms with Gasteiger partial charge in [-0.25, -0.2) is 4.39 Å². The second kappa shape index (κ2) is 7.37. The lowest BCUT2D eigenvalue weighted by atomic mass is 9.97. The Hall–Kier alpha value is -2.70. The number of nitrogens with zero attached hydrogens (tertiary/aromatic N) is 3. The second-order valence-corrected chi connectivity index (χ2v) is 7.89. The van der Waals surface area contributed by atoms with Crippen molar-refractivity contribution in [2.45, 2.75) is 51.9 Å². The minimum atomic E-state index is -0.297. The Morgan fingerprint density at radius 2 is 2.25 bits per heavy atom. The van der Waals surface area contributed by atoms with Crippen LogP contribution < -0.4 is 0 Å². The minimum absolute atomic E-state index is 0.0431. The summed E-state index contributed by atoms with van der Waals surface area (Å²) in [6, 6.07) is 4.96. The van der Waals surface area contributed by atoms with E-state index in [2.05, 4.69) is 15.1 Å². The van der Waals surface area contributed by atoms with Crippen LogP contribution in [0.5, 0.6) is 0 Å². The molecule has 0 saturated carbocycles. The first-order valence-electron chi connectivity index (χ1n) is 9.81. The lowest BCUT2D eigenvalue weighted by molar-refractivity contribution is -0.131. The van der Waals surface area contributed by atoms with Crippen molar-refractivity contribution in [3.8, 4) is 0 Å². The zero-order valence-electron chi connectivity index (χ0n) is 16.5. The summed E-state index contributed by atoms with van der Waals surface area (Å²) in [6.45, 7) is 7.23. The van der Waals surface area contributed by atoms with Crippen molar-refractivity contribution in [1.82, 2.24) is 20.0 Å². The molecule has 1 amide bonds. The molecule has 1 aliphatic rings. The topological polar surface area (TPSA) is 75.0 Å². The number of H-pyrrole nitrogens is 1. The van der Waals surface area contributed by atoms with E-state index in [4.69, 9.17) is 4.52 Å². The third kappa shape index (κ3) is 3.41. The van der Waals surface area contributed by atoms with Gasteiger partial charge in [-0.05, 0) is 31.4 Å². The number of benzene rings is 1. The highest BCUT2D eigenvalue weighted by atomic mass is 19.1. The van der Waals surface area contributed by atoms with Crippen LogP contribution >= 0.6 is 0 Å². The predicted octanol–water partition coefficient (Wildman–Crippen LogP) is 4.07. The van der Waals surface area contributed by atoms with E-state index in [-0.39, 0.29) is 30.0 Å². The zero-order chi connectivity index (χ0) is 19.8. The molecular formula is C21H25FN4O2. The average Bonchev–Trinajstić information content (AvgIpc) is 3.29. The van der Waals surface area contributed by atoms with Gasteiger partial charge >= 0.3 is 0 Å². The lowest BCUT2D eigenvalue weighted by Gasteiger charge is -2.31. The van der Waals surface area contributed by atoms with E-state index >= 15 is 0 Å². The van der Waals surface area contributed by atoms with Gasteiger partial charge in [0.1, 0.15) is 5.82 Å². The molecule has 1 N–H and O–H groups in total. The van der Waals surface area contributed by atoms with Crippen molar-refractivity contribution in [1.29, 1.82) is 0 Å². The number of piperidine rings is 1. The Morgan fingerprint density at radius 1 is 1.43 bits per heavy atom. The summed E-state index contributed by atoms with van der Waals surface area (Å²) in [5.74, 6) is 1.35. The molecule has 1 fully saturated rings. The van der Waals surface area contributed by atoms with Crippen molar-refractivity contribution < 1.29 is 13.7 Å². The minimum Gasteiger partial charge on any atom is -0.356 e. The highest BCUT2D eigenvalue weighted by Crippen LogP contribution is 2.29. The Labute approximate surface area is 163 Å². The molecular weight excluding hydrogens is 359 g/mol. The Balaban J connectivity index is 1.50. The van der Waals surface area contributed by atoms with Crippen LogP contribution in [0.1, 0.15) is 61.5 Å². The van der Waals surface area contributed by atoms with Gasteiger partial charge in [-0.3, -0.25) is 4.79 Å². The van der Waals surface area contributed by atoms with Crippen LogP contribution in [0.25, 0.3) is 10.9 Å². The smallest absolute Gasteiger partial charge is 0.231 e. The number of fused-ring (bicyclic) bond motifs is 1. The van der Waals surface area contributed by atoms with Crippen LogP contribution in [-0.2, 0) is 11.2 Å². The van der Waals surface area contributed by atoms with Crippen molar-refractivity contribution >= 4 is 16.8 Å². The first-order valence-corrected chi connectivity index (χ1v) is 9.81. The highest BCUT2D eigenvalue weighted by molar-refractivity contribution is 5.90. The number of hydrogen-bond acceptors (Lipinski definition) is 4. The average molecular weight is 384 g/mol. The van der Waals surface area contributed by atoms with Gasteiger partial charge < -0.3 is 14.4 Å². The number of carbonyl (C=O) groups excluding carboxylic acids is 1. The fourth-order valence-electron chi connectivity index (χ4n) is 3.91. The molecule has 3 aromatic rings. The number of likely N-dealkylation sites (tertiary alicyclic amines) is 1. The van der Waals surface area contributed by atoms with Crippen molar-refractivity contribution in [2.24, 2.45) is 0 Å². The molecule has 28 heavy (non-hydrogen) atoms. The van der Waals surface area contributed by atoms with Crippen LogP contribution in [0.2, 0.25) is 0 Å². The van der Waals surface area contributed by atoms with Crippen molar-refractivity contribution in [3.63, 3.8) is 0 Å². The second-order valence-electron chi connectivity index (χ2n) is 7.89. The standard InChI is InChI=1S/C21H25FN4O2/c1-12(2)20-24-21(28-25-20)14-6-5-9-26(11-14)18(27)10-16-13(3)23-19-15(16)7-4-8-17(19)22/h4,7-8,12,14,23H,5-6,9-11H2,1-3H3/t14-/m1/s1. The molecule has 7 heteroatoms. The van der Waals surface area contributed by atoms with Crippen LogP contribution in [0, 0.1) is 12.7 Å². The summed E-state index contributed by atoms with van der Waals surface area (Å²) in [6.07, 6.45) is 2.08. The van der Waals surface area contributed by atoms with E-state index in [1.807, 2.05) is 31.7 Å². The van der Waals surface area contributed by atoms with E-state index in [1.165, 1.54) is 6.07 Å². The van der Waals surface area contributed by atoms with E-state index in [1.54, 1.807) is 6.07 Å². The molecule has 0 aliphatic carbocycles. The van der Waals surface area contributed by atoms with Gasteiger partial charge in [0.05, 0.1) is 17.9 Å². The molecule has 148 valence electrons. The molecule has 4 rings (SSSR count). The molecule has 0 unspecified atom stereocenters. The number of halogens is 1. The van der Waals surface area contributed by atoms with E-state index in [0.717, 1.165) is 36.0 Å². The Bertz CT molecular complexity index is 1010. The largest absolute Gasteiger partial charge is 0.356 e. The van der Waals surface area contributed by atoms with E-state index in [9.17, 15) is 9.18 Å².